The number of hydrogen-bond acceptors (Lipinski definition) is 3. The fraction of sp³-hybridized carbons (Fsp3) is 0.846. The number of nitrogens with zero attached hydrogens (tertiary/aromatic N) is 3. The first kappa shape index (κ1) is 11.2. The van der Waals surface area contributed by atoms with Gasteiger partial charge in [-0.2, -0.15) is 5.10 Å². The summed E-state index contributed by atoms with van der Waals surface area (Å²) in [6.45, 7) is 4.51. The van der Waals surface area contributed by atoms with Gasteiger partial charge in [-0.3, -0.25) is 4.68 Å². The summed E-state index contributed by atoms with van der Waals surface area (Å²) in [5, 5.41) is 8.07. The molecule has 2 heterocycles. The second kappa shape index (κ2) is 4.09. The molecule has 0 atom stereocenters. The average molecular weight is 234 g/mol. The fourth-order valence-electron chi connectivity index (χ4n) is 3.02. The zero-order valence-electron chi connectivity index (χ0n) is 10.9. The lowest BCUT2D eigenvalue weighted by atomic mass is 9.76. The van der Waals surface area contributed by atoms with Crippen molar-refractivity contribution in [1.82, 2.24) is 20.1 Å². The van der Waals surface area contributed by atoms with E-state index in [2.05, 4.69) is 24.4 Å². The molecule has 0 aromatic carbocycles. The first-order chi connectivity index (χ1) is 8.25. The van der Waals surface area contributed by atoms with Gasteiger partial charge in [0.25, 0.3) is 0 Å². The van der Waals surface area contributed by atoms with Crippen LogP contribution >= 0.6 is 0 Å². The number of aryl methyl sites for hydroxylation is 1. The number of hydrogen-bond donors (Lipinski definition) is 1. The van der Waals surface area contributed by atoms with Crippen molar-refractivity contribution in [3.8, 4) is 0 Å². The molecule has 0 unspecified atom stereocenters. The molecule has 0 bridgehead atoms. The molecule has 17 heavy (non-hydrogen) atoms. The summed E-state index contributed by atoms with van der Waals surface area (Å²) in [5.74, 6) is 2.97. The lowest BCUT2D eigenvalue weighted by Gasteiger charge is -2.35. The summed E-state index contributed by atoms with van der Waals surface area (Å²) in [6.07, 6.45) is 6.12. The van der Waals surface area contributed by atoms with Crippen LogP contribution in [0.3, 0.4) is 0 Å². The predicted octanol–water partition coefficient (Wildman–Crippen LogP) is 1.72. The van der Waals surface area contributed by atoms with Crippen LogP contribution < -0.4 is 5.32 Å². The maximum Gasteiger partial charge on any atom is 0.154 e. The van der Waals surface area contributed by atoms with Gasteiger partial charge in [-0.15, -0.1) is 0 Å². The van der Waals surface area contributed by atoms with Gasteiger partial charge in [-0.1, -0.05) is 6.92 Å². The van der Waals surface area contributed by atoms with Crippen LogP contribution in [0.25, 0.3) is 0 Å². The minimum Gasteiger partial charge on any atom is -0.317 e. The minimum absolute atomic E-state index is 0.264. The molecule has 4 heteroatoms. The van der Waals surface area contributed by atoms with Gasteiger partial charge in [0.15, 0.2) is 5.82 Å². The molecule has 1 N–H and O–H groups in total. The normalized spacial score (nSPS) is 23.9. The first-order valence-corrected chi connectivity index (χ1v) is 6.87. The second-order valence-corrected chi connectivity index (χ2v) is 5.58. The SMILES string of the molecule is CCC1(c2nc(C3CC3)nn2C)CCNCC1. The van der Waals surface area contributed by atoms with Gasteiger partial charge in [-0.05, 0) is 45.2 Å². The highest BCUT2D eigenvalue weighted by molar-refractivity contribution is 5.15. The zero-order valence-corrected chi connectivity index (χ0v) is 10.9. The smallest absolute Gasteiger partial charge is 0.154 e. The Morgan fingerprint density at radius 1 is 1.35 bits per heavy atom. The third-order valence-corrected chi connectivity index (χ3v) is 4.43. The number of aromatic nitrogens is 3. The van der Waals surface area contributed by atoms with E-state index in [1.807, 2.05) is 4.68 Å². The van der Waals surface area contributed by atoms with Crippen LogP contribution in [0.15, 0.2) is 0 Å². The van der Waals surface area contributed by atoms with Crippen molar-refractivity contribution in [2.24, 2.45) is 7.05 Å². The standard InChI is InChI=1S/C13H22N4/c1-3-13(6-8-14-9-7-13)12-15-11(10-4-5-10)16-17(12)2/h10,14H,3-9H2,1-2H3. The molecule has 0 amide bonds. The topological polar surface area (TPSA) is 42.7 Å². The van der Waals surface area contributed by atoms with E-state index in [4.69, 9.17) is 4.98 Å². The summed E-state index contributed by atoms with van der Waals surface area (Å²) < 4.78 is 2.04. The van der Waals surface area contributed by atoms with E-state index in [1.165, 1.54) is 37.9 Å². The Labute approximate surface area is 103 Å². The summed E-state index contributed by atoms with van der Waals surface area (Å²) in [4.78, 5) is 4.86. The van der Waals surface area contributed by atoms with Gasteiger partial charge in [0.2, 0.25) is 0 Å². The predicted molar refractivity (Wildman–Crippen MR) is 67.1 cm³/mol. The Morgan fingerprint density at radius 3 is 2.65 bits per heavy atom. The summed E-state index contributed by atoms with van der Waals surface area (Å²) in [7, 11) is 2.06. The quantitative estimate of drug-likeness (QED) is 0.866. The highest BCUT2D eigenvalue weighted by Gasteiger charge is 2.38. The maximum atomic E-state index is 4.86. The Kier molecular flexibility index (Phi) is 2.69. The Hall–Kier alpha value is -0.900. The lowest BCUT2D eigenvalue weighted by molar-refractivity contribution is 0.273. The molecular formula is C13H22N4. The lowest BCUT2D eigenvalue weighted by Crippen LogP contribution is -2.41. The Bertz CT molecular complexity index is 400. The second-order valence-electron chi connectivity index (χ2n) is 5.58. The van der Waals surface area contributed by atoms with Crippen LogP contribution in [0, 0.1) is 0 Å². The molecule has 94 valence electrons. The number of piperidine rings is 1. The van der Waals surface area contributed by atoms with Crippen molar-refractivity contribution in [1.29, 1.82) is 0 Å². The van der Waals surface area contributed by atoms with E-state index in [-0.39, 0.29) is 5.41 Å². The van der Waals surface area contributed by atoms with Gasteiger partial charge in [0, 0.05) is 18.4 Å². The minimum atomic E-state index is 0.264. The van der Waals surface area contributed by atoms with Crippen LogP contribution in [-0.4, -0.2) is 27.9 Å². The Balaban J connectivity index is 1.94. The van der Waals surface area contributed by atoms with Gasteiger partial charge in [-0.25, -0.2) is 4.98 Å². The molecule has 0 radical (unpaired) electrons. The van der Waals surface area contributed by atoms with Gasteiger partial charge in [0.05, 0.1) is 0 Å². The van der Waals surface area contributed by atoms with Gasteiger partial charge >= 0.3 is 0 Å². The highest BCUT2D eigenvalue weighted by Crippen LogP contribution is 2.41. The first-order valence-electron chi connectivity index (χ1n) is 6.87. The van der Waals surface area contributed by atoms with Crippen molar-refractivity contribution >= 4 is 0 Å². The molecule has 0 spiro atoms. The molecule has 1 aromatic rings. The summed E-state index contributed by atoms with van der Waals surface area (Å²) in [5.41, 5.74) is 0.264. The van der Waals surface area contributed by atoms with Crippen LogP contribution in [-0.2, 0) is 12.5 Å². The molecule has 1 saturated heterocycles. The van der Waals surface area contributed by atoms with Crippen LogP contribution in [0.5, 0.6) is 0 Å². The molecule has 1 aliphatic heterocycles. The molecule has 2 aliphatic rings. The van der Waals surface area contributed by atoms with Crippen molar-refractivity contribution in [2.75, 3.05) is 13.1 Å². The van der Waals surface area contributed by atoms with Gasteiger partial charge in [0.1, 0.15) is 5.82 Å². The maximum absolute atomic E-state index is 4.86. The molecule has 1 saturated carbocycles. The highest BCUT2D eigenvalue weighted by atomic mass is 15.3. The van der Waals surface area contributed by atoms with Crippen LogP contribution in [0.4, 0.5) is 0 Å². The van der Waals surface area contributed by atoms with E-state index in [0.29, 0.717) is 5.92 Å². The molecule has 1 aliphatic carbocycles. The molecule has 4 nitrogen and oxygen atoms in total. The summed E-state index contributed by atoms with van der Waals surface area (Å²) >= 11 is 0. The third kappa shape index (κ3) is 1.88. The molecule has 2 fully saturated rings. The largest absolute Gasteiger partial charge is 0.317 e. The zero-order chi connectivity index (χ0) is 11.9. The monoisotopic (exact) mass is 234 g/mol. The van der Waals surface area contributed by atoms with Crippen LogP contribution in [0.1, 0.15) is 56.6 Å². The average Bonchev–Trinajstić information content (AvgIpc) is 3.14. The number of nitrogens with one attached hydrogen (secondary N) is 1. The third-order valence-electron chi connectivity index (χ3n) is 4.43. The van der Waals surface area contributed by atoms with Crippen molar-refractivity contribution < 1.29 is 0 Å². The van der Waals surface area contributed by atoms with Gasteiger partial charge < -0.3 is 5.32 Å². The number of rotatable bonds is 3. The van der Waals surface area contributed by atoms with E-state index in [1.54, 1.807) is 0 Å². The summed E-state index contributed by atoms with van der Waals surface area (Å²) in [6, 6.07) is 0. The van der Waals surface area contributed by atoms with Crippen molar-refractivity contribution in [3.05, 3.63) is 11.6 Å². The van der Waals surface area contributed by atoms with Crippen LogP contribution in [0.2, 0.25) is 0 Å². The molecule has 3 rings (SSSR count). The van der Waals surface area contributed by atoms with Crippen molar-refractivity contribution in [3.63, 3.8) is 0 Å². The van der Waals surface area contributed by atoms with E-state index < -0.39 is 0 Å². The van der Waals surface area contributed by atoms with E-state index in [9.17, 15) is 0 Å². The van der Waals surface area contributed by atoms with E-state index in [0.717, 1.165) is 18.9 Å². The molecule has 1 aromatic heterocycles. The fourth-order valence-corrected chi connectivity index (χ4v) is 3.02. The Morgan fingerprint density at radius 2 is 2.06 bits per heavy atom. The molecular weight excluding hydrogens is 212 g/mol. The van der Waals surface area contributed by atoms with Crippen molar-refractivity contribution in [2.45, 2.75) is 50.4 Å². The van der Waals surface area contributed by atoms with E-state index >= 15 is 0 Å².